The zero-order valence-corrected chi connectivity index (χ0v) is 8.39. The zero-order valence-electron chi connectivity index (χ0n) is 8.39. The van der Waals surface area contributed by atoms with Crippen LogP contribution in [0.2, 0.25) is 0 Å². The van der Waals surface area contributed by atoms with E-state index in [1.807, 2.05) is 0 Å². The fraction of sp³-hybridized carbons (Fsp3) is 0.625. The molecule has 0 unspecified atom stereocenters. The molecule has 0 aliphatic carbocycles. The summed E-state index contributed by atoms with van der Waals surface area (Å²) >= 11 is 0. The summed E-state index contributed by atoms with van der Waals surface area (Å²) in [5.74, 6) is -1.13. The third-order valence-electron chi connectivity index (χ3n) is 0.958. The number of amides is 2. The second-order valence-corrected chi connectivity index (χ2v) is 2.44. The maximum absolute atomic E-state index is 10.1. The Morgan fingerprint density at radius 1 is 1.20 bits per heavy atom. The van der Waals surface area contributed by atoms with E-state index in [-0.39, 0.29) is 25.0 Å². The van der Waals surface area contributed by atoms with Crippen LogP contribution < -0.4 is 5.32 Å². The van der Waals surface area contributed by atoms with Crippen molar-refractivity contribution in [3.8, 4) is 0 Å². The molecule has 0 bridgehead atoms. The van der Waals surface area contributed by atoms with Crippen LogP contribution in [0.5, 0.6) is 0 Å². The second kappa shape index (κ2) is 10.6. The molecule has 1 saturated heterocycles. The number of carboxylic acid groups (broad SMARTS) is 1. The first-order valence-corrected chi connectivity index (χ1v) is 4.18. The molecular weight excluding hydrogens is 206 g/mol. The van der Waals surface area contributed by atoms with E-state index in [4.69, 9.17) is 20.1 Å². The number of rotatable bonds is 1. The summed E-state index contributed by atoms with van der Waals surface area (Å²) in [6, 6.07) is 0. The summed E-state index contributed by atoms with van der Waals surface area (Å²) in [4.78, 5) is 29.2. The van der Waals surface area contributed by atoms with Gasteiger partial charge in [0.15, 0.2) is 0 Å². The highest BCUT2D eigenvalue weighted by atomic mass is 16.4. The molecule has 0 aromatic rings. The van der Waals surface area contributed by atoms with Gasteiger partial charge in [-0.15, -0.1) is 0 Å². The summed E-state index contributed by atoms with van der Waals surface area (Å²) in [7, 11) is 0. The largest absolute Gasteiger partial charge is 0.481 e. The second-order valence-electron chi connectivity index (χ2n) is 2.44. The molecule has 0 atom stereocenters. The monoisotopic (exact) mass is 221 g/mol. The normalized spacial score (nSPS) is 13.0. The number of carboxylic acids is 1. The van der Waals surface area contributed by atoms with Gasteiger partial charge in [0.2, 0.25) is 11.8 Å². The van der Waals surface area contributed by atoms with Crippen molar-refractivity contribution in [3.63, 3.8) is 0 Å². The molecule has 1 aliphatic rings. The molecular formula is C8H15NO6. The van der Waals surface area contributed by atoms with E-state index in [2.05, 4.69) is 5.32 Å². The van der Waals surface area contributed by atoms with Crippen LogP contribution in [0.1, 0.15) is 19.8 Å². The third-order valence-corrected chi connectivity index (χ3v) is 0.958. The van der Waals surface area contributed by atoms with Crippen LogP contribution in [0, 0.1) is 0 Å². The molecule has 1 rings (SSSR count). The van der Waals surface area contributed by atoms with Gasteiger partial charge in [-0.2, -0.15) is 0 Å². The molecule has 15 heavy (non-hydrogen) atoms. The lowest BCUT2D eigenvalue weighted by molar-refractivity contribution is -0.134. The van der Waals surface area contributed by atoms with Crippen LogP contribution in [-0.4, -0.2) is 46.3 Å². The van der Waals surface area contributed by atoms with Crippen LogP contribution >= 0.6 is 0 Å². The standard InChI is InChI=1S/C4H5NO2.C2H4O2.C2H6O2/c6-3-1-2-4(7)5-3;1-2(3)4;3-1-2-4/h1-2H2,(H,5,6,7);1H3,(H,3,4);3-4H,1-2H2. The summed E-state index contributed by atoms with van der Waals surface area (Å²) in [6.45, 7) is 0.833. The molecule has 0 aromatic carbocycles. The average Bonchev–Trinajstić information content (AvgIpc) is 2.49. The lowest BCUT2D eigenvalue weighted by Crippen LogP contribution is -2.18. The third kappa shape index (κ3) is 19.1. The van der Waals surface area contributed by atoms with E-state index in [0.29, 0.717) is 12.8 Å². The predicted octanol–water partition coefficient (Wildman–Crippen LogP) is -1.52. The van der Waals surface area contributed by atoms with Gasteiger partial charge >= 0.3 is 0 Å². The molecule has 2 amide bonds. The van der Waals surface area contributed by atoms with Crippen molar-refractivity contribution in [1.29, 1.82) is 0 Å². The maximum Gasteiger partial charge on any atom is 0.300 e. The SMILES string of the molecule is CC(=O)O.O=C1CCC(=O)N1.OCCO. The van der Waals surface area contributed by atoms with Gasteiger partial charge in [0.1, 0.15) is 0 Å². The van der Waals surface area contributed by atoms with Crippen LogP contribution in [0.3, 0.4) is 0 Å². The summed E-state index contributed by atoms with van der Waals surface area (Å²) < 4.78 is 0. The first-order chi connectivity index (χ1) is 6.93. The summed E-state index contributed by atoms with van der Waals surface area (Å²) in [5.41, 5.74) is 0. The Labute approximate surface area is 86.7 Å². The van der Waals surface area contributed by atoms with Gasteiger partial charge < -0.3 is 15.3 Å². The van der Waals surface area contributed by atoms with Crippen molar-refractivity contribution in [2.24, 2.45) is 0 Å². The van der Waals surface area contributed by atoms with Gasteiger partial charge in [-0.05, 0) is 0 Å². The smallest absolute Gasteiger partial charge is 0.300 e. The Kier molecular flexibility index (Phi) is 11.3. The first-order valence-electron chi connectivity index (χ1n) is 4.18. The predicted molar refractivity (Wildman–Crippen MR) is 49.9 cm³/mol. The van der Waals surface area contributed by atoms with Gasteiger partial charge in [0, 0.05) is 19.8 Å². The minimum atomic E-state index is -0.833. The highest BCUT2D eigenvalue weighted by molar-refractivity contribution is 6.01. The number of carbonyl (C=O) groups is 3. The van der Waals surface area contributed by atoms with Crippen molar-refractivity contribution in [2.75, 3.05) is 13.2 Å². The minimum absolute atomic E-state index is 0.125. The lowest BCUT2D eigenvalue weighted by atomic mass is 10.4. The molecule has 1 aliphatic heterocycles. The number of imide groups is 1. The van der Waals surface area contributed by atoms with Crippen molar-refractivity contribution >= 4 is 17.8 Å². The Morgan fingerprint density at radius 2 is 1.47 bits per heavy atom. The van der Waals surface area contributed by atoms with Crippen LogP contribution in [0.15, 0.2) is 0 Å². The number of aliphatic hydroxyl groups excluding tert-OH is 2. The topological polar surface area (TPSA) is 124 Å². The molecule has 7 heteroatoms. The summed E-state index contributed by atoms with van der Waals surface area (Å²) in [5, 5.41) is 24.8. The van der Waals surface area contributed by atoms with E-state index in [0.717, 1.165) is 6.92 Å². The number of hydrogen-bond acceptors (Lipinski definition) is 5. The van der Waals surface area contributed by atoms with Crippen LogP contribution in [0.4, 0.5) is 0 Å². The average molecular weight is 221 g/mol. The molecule has 4 N–H and O–H groups in total. The Bertz CT molecular complexity index is 195. The maximum atomic E-state index is 10.1. The molecule has 1 heterocycles. The quantitative estimate of drug-likeness (QED) is 0.399. The van der Waals surface area contributed by atoms with Gasteiger partial charge in [-0.25, -0.2) is 0 Å². The van der Waals surface area contributed by atoms with Gasteiger partial charge in [-0.1, -0.05) is 0 Å². The van der Waals surface area contributed by atoms with Crippen molar-refractivity contribution in [2.45, 2.75) is 19.8 Å². The van der Waals surface area contributed by atoms with Gasteiger partial charge in [0.05, 0.1) is 13.2 Å². The molecule has 0 spiro atoms. The van der Waals surface area contributed by atoms with Gasteiger partial charge in [-0.3, -0.25) is 19.7 Å². The molecule has 7 nitrogen and oxygen atoms in total. The number of aliphatic carboxylic acids is 1. The number of hydrogen-bond donors (Lipinski definition) is 4. The number of aliphatic hydroxyl groups is 2. The lowest BCUT2D eigenvalue weighted by Gasteiger charge is -1.79. The van der Waals surface area contributed by atoms with E-state index >= 15 is 0 Å². The molecule has 0 aromatic heterocycles. The van der Waals surface area contributed by atoms with E-state index in [9.17, 15) is 9.59 Å². The number of carbonyl (C=O) groups excluding carboxylic acids is 2. The Balaban J connectivity index is 0. The Hall–Kier alpha value is -1.47. The molecule has 88 valence electrons. The molecule has 0 radical (unpaired) electrons. The van der Waals surface area contributed by atoms with E-state index in [1.165, 1.54) is 0 Å². The van der Waals surface area contributed by atoms with Crippen molar-refractivity contribution in [1.82, 2.24) is 5.32 Å². The molecule has 0 saturated carbocycles. The van der Waals surface area contributed by atoms with Crippen molar-refractivity contribution in [3.05, 3.63) is 0 Å². The molecule has 1 fully saturated rings. The van der Waals surface area contributed by atoms with Crippen LogP contribution in [0.25, 0.3) is 0 Å². The van der Waals surface area contributed by atoms with Crippen LogP contribution in [-0.2, 0) is 14.4 Å². The number of nitrogens with one attached hydrogen (secondary N) is 1. The van der Waals surface area contributed by atoms with Crippen molar-refractivity contribution < 1.29 is 29.7 Å². The van der Waals surface area contributed by atoms with E-state index < -0.39 is 5.97 Å². The summed E-state index contributed by atoms with van der Waals surface area (Å²) in [6.07, 6.45) is 0.748. The van der Waals surface area contributed by atoms with E-state index in [1.54, 1.807) is 0 Å². The minimum Gasteiger partial charge on any atom is -0.481 e. The Morgan fingerprint density at radius 3 is 1.53 bits per heavy atom. The highest BCUT2D eigenvalue weighted by Gasteiger charge is 2.15. The first kappa shape index (κ1) is 16.0. The zero-order chi connectivity index (χ0) is 12.3. The fourth-order valence-corrected chi connectivity index (χ4v) is 0.508. The highest BCUT2D eigenvalue weighted by Crippen LogP contribution is 1.95. The van der Waals surface area contributed by atoms with Gasteiger partial charge in [0.25, 0.3) is 5.97 Å². The fourth-order valence-electron chi connectivity index (χ4n) is 0.508.